The molecule has 0 atom stereocenters. The molecule has 0 aromatic heterocycles. The van der Waals surface area contributed by atoms with Crippen LogP contribution in [0, 0.1) is 0 Å². The second-order valence-corrected chi connectivity index (χ2v) is 9.72. The van der Waals surface area contributed by atoms with Crippen LogP contribution in [0.5, 0.6) is 0 Å². The van der Waals surface area contributed by atoms with Gasteiger partial charge in [-0.2, -0.15) is 0 Å². The number of rotatable bonds is 12. The fourth-order valence-electron chi connectivity index (χ4n) is 4.95. The third-order valence-electron chi connectivity index (χ3n) is 7.08. The van der Waals surface area contributed by atoms with E-state index in [1.54, 1.807) is 7.11 Å². The van der Waals surface area contributed by atoms with Gasteiger partial charge < -0.3 is 34.5 Å². The van der Waals surface area contributed by atoms with Crippen molar-refractivity contribution in [1.29, 1.82) is 0 Å². The van der Waals surface area contributed by atoms with Crippen molar-refractivity contribution in [3.8, 4) is 0 Å². The van der Waals surface area contributed by atoms with Crippen LogP contribution in [0.25, 0.3) is 0 Å². The first-order valence-corrected chi connectivity index (χ1v) is 13.4. The summed E-state index contributed by atoms with van der Waals surface area (Å²) in [6.07, 6.45) is 3.41. The van der Waals surface area contributed by atoms with E-state index in [0.29, 0.717) is 52.0 Å². The number of alkyl carbamates (subject to hydrolysis) is 1. The summed E-state index contributed by atoms with van der Waals surface area (Å²) in [7, 11) is 1.63. The van der Waals surface area contributed by atoms with Crippen LogP contribution in [0.1, 0.15) is 48.3 Å². The summed E-state index contributed by atoms with van der Waals surface area (Å²) in [4.78, 5) is 26.6. The lowest BCUT2D eigenvalue weighted by Crippen LogP contribution is -2.38. The Morgan fingerprint density at radius 1 is 0.816 bits per heavy atom. The van der Waals surface area contributed by atoms with Crippen molar-refractivity contribution in [1.82, 2.24) is 10.2 Å². The van der Waals surface area contributed by atoms with Crippen molar-refractivity contribution >= 4 is 17.8 Å². The van der Waals surface area contributed by atoms with Crippen LogP contribution in [0.15, 0.2) is 48.5 Å². The molecule has 1 heterocycles. The van der Waals surface area contributed by atoms with E-state index < -0.39 is 6.09 Å². The Labute approximate surface area is 224 Å². The lowest BCUT2D eigenvalue weighted by molar-refractivity contribution is 0.0127. The Morgan fingerprint density at radius 2 is 1.42 bits per heavy atom. The number of anilines is 1. The number of urea groups is 1. The Balaban J connectivity index is 1.09. The second-order valence-electron chi connectivity index (χ2n) is 9.72. The van der Waals surface area contributed by atoms with Crippen LogP contribution in [-0.4, -0.2) is 69.8 Å². The van der Waals surface area contributed by atoms with Gasteiger partial charge in [0.2, 0.25) is 0 Å². The molecule has 0 bridgehead atoms. The second kappa shape index (κ2) is 14.7. The lowest BCUT2D eigenvalue weighted by Gasteiger charge is -2.29. The average molecular weight is 526 g/mol. The molecule has 2 aromatic carbocycles. The van der Waals surface area contributed by atoms with Crippen molar-refractivity contribution in [3.63, 3.8) is 0 Å². The van der Waals surface area contributed by atoms with Gasteiger partial charge in [0.25, 0.3) is 0 Å². The molecule has 0 saturated heterocycles. The van der Waals surface area contributed by atoms with Crippen molar-refractivity contribution in [2.75, 3.05) is 52.1 Å². The predicted octanol–water partition coefficient (Wildman–Crippen LogP) is 4.67. The Kier molecular flexibility index (Phi) is 10.8. The molecule has 2 N–H and O–H groups in total. The monoisotopic (exact) mass is 525 g/mol. The van der Waals surface area contributed by atoms with Crippen molar-refractivity contribution in [3.05, 3.63) is 65.2 Å². The van der Waals surface area contributed by atoms with Crippen molar-refractivity contribution in [2.24, 2.45) is 0 Å². The molecule has 1 aliphatic carbocycles. The Bertz CT molecular complexity index is 998. The van der Waals surface area contributed by atoms with Gasteiger partial charge in [-0.15, -0.1) is 0 Å². The number of ether oxygens (including phenoxy) is 4. The minimum Gasteiger partial charge on any atom is -0.447 e. The summed E-state index contributed by atoms with van der Waals surface area (Å²) in [5, 5.41) is 5.99. The van der Waals surface area contributed by atoms with Gasteiger partial charge >= 0.3 is 12.1 Å². The highest BCUT2D eigenvalue weighted by Crippen LogP contribution is 2.33. The molecular weight excluding hydrogens is 486 g/mol. The number of methoxy groups -OCH3 is 1. The molecule has 0 unspecified atom stereocenters. The number of benzene rings is 2. The smallest absolute Gasteiger partial charge is 0.407 e. The van der Waals surface area contributed by atoms with E-state index in [-0.39, 0.29) is 18.7 Å². The van der Waals surface area contributed by atoms with Crippen LogP contribution in [0.3, 0.4) is 0 Å². The quantitative estimate of drug-likeness (QED) is 0.391. The van der Waals surface area contributed by atoms with Crippen LogP contribution < -0.4 is 10.6 Å². The van der Waals surface area contributed by atoms with Crippen LogP contribution in [-0.2, 0) is 32.0 Å². The number of carbonyl (C=O) groups is 2. The van der Waals surface area contributed by atoms with Crippen molar-refractivity contribution < 1.29 is 28.5 Å². The van der Waals surface area contributed by atoms with E-state index in [1.807, 2.05) is 29.2 Å². The summed E-state index contributed by atoms with van der Waals surface area (Å²) in [6.45, 7) is 3.89. The molecule has 4 rings (SSSR count). The molecule has 38 heavy (non-hydrogen) atoms. The van der Waals surface area contributed by atoms with Crippen LogP contribution in [0.4, 0.5) is 15.3 Å². The van der Waals surface area contributed by atoms with Gasteiger partial charge in [0.15, 0.2) is 0 Å². The molecule has 2 aromatic rings. The fraction of sp³-hybridized carbons (Fsp3) is 0.517. The van der Waals surface area contributed by atoms with Gasteiger partial charge in [0, 0.05) is 31.9 Å². The number of nitrogens with zero attached hydrogens (tertiary/aromatic N) is 1. The molecular formula is C29H39N3O6. The van der Waals surface area contributed by atoms with Gasteiger partial charge in [0.1, 0.15) is 6.61 Å². The number of fused-ring (bicyclic) bond motifs is 1. The summed E-state index contributed by atoms with van der Waals surface area (Å²) in [6, 6.07) is 16.4. The van der Waals surface area contributed by atoms with Gasteiger partial charge in [-0.05, 0) is 60.4 Å². The maximum Gasteiger partial charge on any atom is 0.407 e. The highest BCUT2D eigenvalue weighted by atomic mass is 16.6. The highest BCUT2D eigenvalue weighted by molar-refractivity contribution is 5.89. The number of hydrogen-bond acceptors (Lipinski definition) is 6. The normalized spacial score (nSPS) is 18.6. The molecule has 1 saturated carbocycles. The average Bonchev–Trinajstić information content (AvgIpc) is 3.38. The highest BCUT2D eigenvalue weighted by Gasteiger charge is 2.25. The minimum atomic E-state index is -0.394. The molecule has 0 radical (unpaired) electrons. The Hall–Kier alpha value is -3.14. The van der Waals surface area contributed by atoms with E-state index >= 15 is 0 Å². The third kappa shape index (κ3) is 8.44. The Morgan fingerprint density at radius 3 is 2.05 bits per heavy atom. The molecule has 9 heteroatoms. The number of hydrogen-bond donors (Lipinski definition) is 2. The number of carbonyl (C=O) groups excluding carboxylic acids is 2. The van der Waals surface area contributed by atoms with E-state index in [1.165, 1.54) is 16.7 Å². The molecule has 206 valence electrons. The lowest BCUT2D eigenvalue weighted by atomic mass is 9.82. The molecule has 3 amide bonds. The molecule has 2 aliphatic rings. The van der Waals surface area contributed by atoms with E-state index in [4.69, 9.17) is 18.9 Å². The first-order chi connectivity index (χ1) is 18.6. The maximum atomic E-state index is 12.7. The topological polar surface area (TPSA) is 98.4 Å². The van der Waals surface area contributed by atoms with E-state index in [9.17, 15) is 9.59 Å². The molecule has 0 spiro atoms. The van der Waals surface area contributed by atoms with Crippen LogP contribution >= 0.6 is 0 Å². The van der Waals surface area contributed by atoms with Gasteiger partial charge in [-0.1, -0.05) is 36.4 Å². The predicted molar refractivity (Wildman–Crippen MR) is 144 cm³/mol. The number of amides is 3. The van der Waals surface area contributed by atoms with E-state index in [0.717, 1.165) is 31.4 Å². The SMILES string of the molecule is COCCOCCOCCOC(=O)NC1CCC(c2ccc(NC(=O)N3Cc4ccccc4C3)cc2)CC1. The standard InChI is InChI=1S/C29H39N3O6/c1-35-14-15-36-16-17-37-18-19-38-29(34)31-27-12-8-23(9-13-27)22-6-10-26(11-7-22)30-28(33)32-20-24-4-2-3-5-25(24)21-32/h2-7,10-11,23,27H,8-9,12-21H2,1H3,(H,30,33)(H,31,34). The summed E-state index contributed by atoms with van der Waals surface area (Å²) in [5.74, 6) is 0.446. The summed E-state index contributed by atoms with van der Waals surface area (Å²) < 4.78 is 20.8. The summed E-state index contributed by atoms with van der Waals surface area (Å²) >= 11 is 0. The van der Waals surface area contributed by atoms with Crippen LogP contribution in [0.2, 0.25) is 0 Å². The van der Waals surface area contributed by atoms with Gasteiger partial charge in [0.05, 0.1) is 33.0 Å². The van der Waals surface area contributed by atoms with Gasteiger partial charge in [-0.25, -0.2) is 9.59 Å². The summed E-state index contributed by atoms with van der Waals surface area (Å²) in [5.41, 5.74) is 4.48. The first-order valence-electron chi connectivity index (χ1n) is 13.4. The zero-order chi connectivity index (χ0) is 26.6. The zero-order valence-corrected chi connectivity index (χ0v) is 22.2. The fourth-order valence-corrected chi connectivity index (χ4v) is 4.95. The third-order valence-corrected chi connectivity index (χ3v) is 7.08. The van der Waals surface area contributed by atoms with Gasteiger partial charge in [-0.3, -0.25) is 0 Å². The molecule has 1 fully saturated rings. The first kappa shape index (κ1) is 27.9. The molecule has 1 aliphatic heterocycles. The largest absolute Gasteiger partial charge is 0.447 e. The maximum absolute atomic E-state index is 12.7. The zero-order valence-electron chi connectivity index (χ0n) is 22.2. The number of nitrogens with one attached hydrogen (secondary N) is 2. The minimum absolute atomic E-state index is 0.0778. The molecule has 9 nitrogen and oxygen atoms in total. The van der Waals surface area contributed by atoms with E-state index in [2.05, 4.69) is 34.9 Å². The van der Waals surface area contributed by atoms with Crippen molar-refractivity contribution in [2.45, 2.75) is 50.7 Å².